The van der Waals surface area contributed by atoms with E-state index in [0.29, 0.717) is 23.9 Å². The Hall–Kier alpha value is -1.06. The van der Waals surface area contributed by atoms with E-state index in [0.717, 1.165) is 18.4 Å². The Kier molecular flexibility index (Phi) is 4.25. The highest BCUT2D eigenvalue weighted by molar-refractivity contribution is 6.17. The van der Waals surface area contributed by atoms with Crippen molar-refractivity contribution < 1.29 is 9.90 Å². The van der Waals surface area contributed by atoms with Crippen molar-refractivity contribution in [2.45, 2.75) is 24.8 Å². The first kappa shape index (κ1) is 13.4. The van der Waals surface area contributed by atoms with Crippen LogP contribution in [0, 0.1) is 5.92 Å². The average molecular weight is 268 g/mol. The molecule has 0 aromatic heterocycles. The number of aliphatic hydroxyl groups excluding tert-OH is 1. The van der Waals surface area contributed by atoms with Crippen molar-refractivity contribution in [3.8, 4) is 0 Å². The van der Waals surface area contributed by atoms with Gasteiger partial charge in [-0.25, -0.2) is 0 Å². The van der Waals surface area contributed by atoms with Gasteiger partial charge < -0.3 is 10.0 Å². The van der Waals surface area contributed by atoms with E-state index in [1.807, 2.05) is 31.3 Å². The van der Waals surface area contributed by atoms with E-state index in [1.54, 1.807) is 4.90 Å². The first-order valence-electron chi connectivity index (χ1n) is 6.18. The monoisotopic (exact) mass is 267 g/mol. The molecule has 0 atom stereocenters. The summed E-state index contributed by atoms with van der Waals surface area (Å²) in [5, 5.41) is 9.23. The summed E-state index contributed by atoms with van der Waals surface area (Å²) in [5.74, 6) is 0.929. The van der Waals surface area contributed by atoms with Gasteiger partial charge in [0.05, 0.1) is 6.10 Å². The topological polar surface area (TPSA) is 40.5 Å². The lowest BCUT2D eigenvalue weighted by Crippen LogP contribution is -2.39. The van der Waals surface area contributed by atoms with E-state index in [4.69, 9.17) is 11.6 Å². The Morgan fingerprint density at radius 1 is 1.39 bits per heavy atom. The number of rotatable bonds is 4. The molecule has 1 amide bonds. The summed E-state index contributed by atoms with van der Waals surface area (Å²) in [5.41, 5.74) is 1.70. The molecule has 1 N–H and O–H groups in total. The second kappa shape index (κ2) is 5.72. The molecule has 4 heteroatoms. The van der Waals surface area contributed by atoms with Crippen LogP contribution in [0.2, 0.25) is 0 Å². The number of amides is 1. The van der Waals surface area contributed by atoms with Gasteiger partial charge in [-0.15, -0.1) is 11.6 Å². The minimum atomic E-state index is -0.165. The number of carbonyl (C=O) groups excluding carboxylic acids is 1. The average Bonchev–Trinajstić information content (AvgIpc) is 2.36. The van der Waals surface area contributed by atoms with E-state index in [1.165, 1.54) is 0 Å². The Morgan fingerprint density at radius 3 is 2.50 bits per heavy atom. The molecular weight excluding hydrogens is 250 g/mol. The van der Waals surface area contributed by atoms with Crippen LogP contribution in [0.4, 0.5) is 0 Å². The molecule has 18 heavy (non-hydrogen) atoms. The van der Waals surface area contributed by atoms with Crippen LogP contribution in [0.25, 0.3) is 0 Å². The van der Waals surface area contributed by atoms with Crippen molar-refractivity contribution in [2.24, 2.45) is 5.92 Å². The standard InChI is InChI=1S/C14H18ClNO2/c1-16(9-11-6-13(17)7-11)14(18)12-4-2-10(8-15)3-5-12/h2-5,11,13,17H,6-9H2,1H3. The zero-order valence-corrected chi connectivity index (χ0v) is 11.2. The molecule has 1 saturated carbocycles. The zero-order valence-electron chi connectivity index (χ0n) is 10.5. The van der Waals surface area contributed by atoms with Gasteiger partial charge in [0.1, 0.15) is 0 Å². The largest absolute Gasteiger partial charge is 0.393 e. The molecule has 0 heterocycles. The Balaban J connectivity index is 1.92. The van der Waals surface area contributed by atoms with E-state index < -0.39 is 0 Å². The quantitative estimate of drug-likeness (QED) is 0.851. The molecule has 1 aromatic rings. The summed E-state index contributed by atoms with van der Waals surface area (Å²) < 4.78 is 0. The fourth-order valence-electron chi connectivity index (χ4n) is 2.28. The highest BCUT2D eigenvalue weighted by Gasteiger charge is 2.29. The van der Waals surface area contributed by atoms with Gasteiger partial charge in [0.15, 0.2) is 0 Å². The van der Waals surface area contributed by atoms with Gasteiger partial charge in [0.25, 0.3) is 5.91 Å². The number of hydrogen-bond acceptors (Lipinski definition) is 2. The van der Waals surface area contributed by atoms with Crippen LogP contribution in [0.15, 0.2) is 24.3 Å². The number of halogens is 1. The third kappa shape index (κ3) is 3.03. The molecule has 0 bridgehead atoms. The van der Waals surface area contributed by atoms with Crippen molar-refractivity contribution in [1.82, 2.24) is 4.90 Å². The maximum atomic E-state index is 12.1. The predicted molar refractivity (Wildman–Crippen MR) is 71.7 cm³/mol. The SMILES string of the molecule is CN(CC1CC(O)C1)C(=O)c1ccc(CCl)cc1. The van der Waals surface area contributed by atoms with Gasteiger partial charge in [-0.1, -0.05) is 12.1 Å². The summed E-state index contributed by atoms with van der Waals surface area (Å²) in [6.45, 7) is 0.715. The lowest BCUT2D eigenvalue weighted by molar-refractivity contribution is 0.0265. The van der Waals surface area contributed by atoms with Gasteiger partial charge >= 0.3 is 0 Å². The third-order valence-corrected chi connectivity index (χ3v) is 3.75. The zero-order chi connectivity index (χ0) is 13.1. The molecule has 0 saturated heterocycles. The molecule has 1 aliphatic rings. The summed E-state index contributed by atoms with van der Waals surface area (Å²) in [7, 11) is 1.81. The number of carbonyl (C=O) groups is 1. The first-order chi connectivity index (χ1) is 8.60. The van der Waals surface area contributed by atoms with Crippen LogP contribution in [-0.4, -0.2) is 35.6 Å². The van der Waals surface area contributed by atoms with Gasteiger partial charge in [-0.2, -0.15) is 0 Å². The molecule has 98 valence electrons. The number of benzene rings is 1. The minimum absolute atomic E-state index is 0.0255. The van der Waals surface area contributed by atoms with E-state index in [2.05, 4.69) is 0 Å². The highest BCUT2D eigenvalue weighted by Crippen LogP contribution is 2.27. The Bertz CT molecular complexity index is 412. The van der Waals surface area contributed by atoms with E-state index in [-0.39, 0.29) is 12.0 Å². The summed E-state index contributed by atoms with van der Waals surface area (Å²) in [4.78, 5) is 13.9. The van der Waals surface area contributed by atoms with Crippen molar-refractivity contribution >= 4 is 17.5 Å². The van der Waals surface area contributed by atoms with Gasteiger partial charge in [-0.3, -0.25) is 4.79 Å². The van der Waals surface area contributed by atoms with Crippen LogP contribution in [0.5, 0.6) is 0 Å². The molecule has 0 radical (unpaired) electrons. The van der Waals surface area contributed by atoms with Gasteiger partial charge in [-0.05, 0) is 36.5 Å². The second-order valence-corrected chi connectivity index (χ2v) is 5.27. The lowest BCUT2D eigenvalue weighted by Gasteiger charge is -2.34. The Labute approximate surface area is 112 Å². The number of alkyl halides is 1. The fourth-order valence-corrected chi connectivity index (χ4v) is 2.45. The van der Waals surface area contributed by atoms with Crippen LogP contribution >= 0.6 is 11.6 Å². The molecule has 0 aliphatic heterocycles. The summed E-state index contributed by atoms with van der Waals surface area (Å²) in [6, 6.07) is 7.38. The van der Waals surface area contributed by atoms with Crippen molar-refractivity contribution in [2.75, 3.05) is 13.6 Å². The molecule has 0 unspecified atom stereocenters. The first-order valence-corrected chi connectivity index (χ1v) is 6.72. The molecule has 1 aliphatic carbocycles. The van der Waals surface area contributed by atoms with Crippen molar-refractivity contribution in [3.63, 3.8) is 0 Å². The summed E-state index contributed by atoms with van der Waals surface area (Å²) >= 11 is 5.71. The maximum Gasteiger partial charge on any atom is 0.253 e. The van der Waals surface area contributed by atoms with Gasteiger partial charge in [0.2, 0.25) is 0 Å². The molecule has 0 spiro atoms. The number of aliphatic hydroxyl groups is 1. The molecule has 3 nitrogen and oxygen atoms in total. The normalized spacial score (nSPS) is 22.4. The summed E-state index contributed by atoms with van der Waals surface area (Å²) in [6.07, 6.45) is 1.45. The number of hydrogen-bond donors (Lipinski definition) is 1. The fraction of sp³-hybridized carbons (Fsp3) is 0.500. The van der Waals surface area contributed by atoms with Crippen LogP contribution in [0.1, 0.15) is 28.8 Å². The molecular formula is C14H18ClNO2. The number of nitrogens with zero attached hydrogens (tertiary/aromatic N) is 1. The lowest BCUT2D eigenvalue weighted by atomic mass is 9.82. The highest BCUT2D eigenvalue weighted by atomic mass is 35.5. The maximum absolute atomic E-state index is 12.1. The predicted octanol–water partition coefficient (Wildman–Crippen LogP) is 2.27. The Morgan fingerprint density at radius 2 is 2.00 bits per heavy atom. The van der Waals surface area contributed by atoms with Crippen LogP contribution in [-0.2, 0) is 5.88 Å². The molecule has 1 fully saturated rings. The van der Waals surface area contributed by atoms with Crippen LogP contribution < -0.4 is 0 Å². The molecule has 1 aromatic carbocycles. The van der Waals surface area contributed by atoms with Crippen molar-refractivity contribution in [3.05, 3.63) is 35.4 Å². The smallest absolute Gasteiger partial charge is 0.253 e. The van der Waals surface area contributed by atoms with Crippen molar-refractivity contribution in [1.29, 1.82) is 0 Å². The molecule has 2 rings (SSSR count). The van der Waals surface area contributed by atoms with Crippen LogP contribution in [0.3, 0.4) is 0 Å². The minimum Gasteiger partial charge on any atom is -0.393 e. The van der Waals surface area contributed by atoms with E-state index in [9.17, 15) is 9.90 Å². The third-order valence-electron chi connectivity index (χ3n) is 3.44. The second-order valence-electron chi connectivity index (χ2n) is 5.01. The van der Waals surface area contributed by atoms with E-state index >= 15 is 0 Å². The van der Waals surface area contributed by atoms with Gasteiger partial charge in [0, 0.05) is 25.0 Å².